The summed E-state index contributed by atoms with van der Waals surface area (Å²) >= 11 is 0. The molecule has 30 heavy (non-hydrogen) atoms. The van der Waals surface area contributed by atoms with Crippen molar-refractivity contribution in [2.24, 2.45) is 0 Å². The predicted octanol–water partition coefficient (Wildman–Crippen LogP) is 3.03. The fourth-order valence-corrected chi connectivity index (χ4v) is 3.72. The molecule has 0 spiro atoms. The van der Waals surface area contributed by atoms with E-state index >= 15 is 0 Å². The number of halogens is 1. The molecule has 0 aromatic heterocycles. The number of Topliss-reactive ketones (excluding diaryl/α,β-unsaturated/α-hetero) is 1. The molecule has 0 bridgehead atoms. The summed E-state index contributed by atoms with van der Waals surface area (Å²) in [5.41, 5.74) is -0.540. The maximum atomic E-state index is 13.3. The zero-order chi connectivity index (χ0) is 21.3. The number of ether oxygens (including phenoxy) is 2. The quantitative estimate of drug-likeness (QED) is 0.603. The standard InChI is InChI=1S/C22H21FN2O5/c1-2-22(15-5-7-16(23)8-6-15)20(27)25(21(28)24-22)13-17(26)14-4-9-18-19(12-14)30-11-3-10-29-18/h4-9,12H,2-3,10-11,13H2,1H3,(H,24,28)/t22-/m1/s1. The van der Waals surface area contributed by atoms with Crippen LogP contribution in [-0.2, 0) is 10.3 Å². The number of hydrogen-bond donors (Lipinski definition) is 1. The zero-order valence-corrected chi connectivity index (χ0v) is 16.4. The van der Waals surface area contributed by atoms with Crippen molar-refractivity contribution in [2.45, 2.75) is 25.3 Å². The minimum absolute atomic E-state index is 0.262. The molecule has 2 heterocycles. The van der Waals surface area contributed by atoms with Crippen LogP contribution in [0.25, 0.3) is 0 Å². The zero-order valence-electron chi connectivity index (χ0n) is 16.4. The molecule has 2 aromatic rings. The van der Waals surface area contributed by atoms with Gasteiger partial charge in [-0.05, 0) is 42.3 Å². The Hall–Kier alpha value is -3.42. The number of imide groups is 1. The van der Waals surface area contributed by atoms with Crippen molar-refractivity contribution in [3.05, 3.63) is 59.4 Å². The second-order valence-electron chi connectivity index (χ2n) is 7.22. The Balaban J connectivity index is 1.57. The van der Waals surface area contributed by atoms with E-state index in [4.69, 9.17) is 9.47 Å². The van der Waals surface area contributed by atoms with Gasteiger partial charge in [0.2, 0.25) is 0 Å². The van der Waals surface area contributed by atoms with E-state index in [1.54, 1.807) is 25.1 Å². The number of benzene rings is 2. The number of nitrogens with one attached hydrogen (secondary N) is 1. The van der Waals surface area contributed by atoms with E-state index in [0.717, 1.165) is 11.3 Å². The molecule has 0 unspecified atom stereocenters. The molecule has 2 aliphatic rings. The van der Waals surface area contributed by atoms with Gasteiger partial charge in [0.05, 0.1) is 19.8 Å². The molecular weight excluding hydrogens is 391 g/mol. The smallest absolute Gasteiger partial charge is 0.325 e. The minimum Gasteiger partial charge on any atom is -0.490 e. The van der Waals surface area contributed by atoms with E-state index in [9.17, 15) is 18.8 Å². The lowest BCUT2D eigenvalue weighted by Crippen LogP contribution is -2.43. The van der Waals surface area contributed by atoms with Crippen molar-refractivity contribution in [2.75, 3.05) is 19.8 Å². The molecule has 156 valence electrons. The first-order valence-electron chi connectivity index (χ1n) is 9.77. The molecule has 0 radical (unpaired) electrons. The Morgan fingerprint density at radius 1 is 1.10 bits per heavy atom. The van der Waals surface area contributed by atoms with E-state index in [-0.39, 0.29) is 6.42 Å². The molecule has 1 atom stereocenters. The number of fused-ring (bicyclic) bond motifs is 1. The van der Waals surface area contributed by atoms with Crippen LogP contribution in [0.5, 0.6) is 11.5 Å². The van der Waals surface area contributed by atoms with Crippen LogP contribution in [0.15, 0.2) is 42.5 Å². The molecule has 0 saturated carbocycles. The number of carbonyl (C=O) groups excluding carboxylic acids is 3. The molecular formula is C22H21FN2O5. The van der Waals surface area contributed by atoms with Crippen molar-refractivity contribution >= 4 is 17.7 Å². The van der Waals surface area contributed by atoms with Crippen LogP contribution in [-0.4, -0.2) is 42.4 Å². The molecule has 1 fully saturated rings. The summed E-state index contributed by atoms with van der Waals surface area (Å²) in [6.07, 6.45) is 1.00. The number of urea groups is 1. The molecule has 3 amide bonds. The van der Waals surface area contributed by atoms with Gasteiger partial charge in [0.15, 0.2) is 17.3 Å². The number of ketones is 1. The lowest BCUT2D eigenvalue weighted by molar-refractivity contribution is -0.131. The summed E-state index contributed by atoms with van der Waals surface area (Å²) in [7, 11) is 0. The van der Waals surface area contributed by atoms with Crippen LogP contribution in [0, 0.1) is 5.82 Å². The Morgan fingerprint density at radius 2 is 1.80 bits per heavy atom. The van der Waals surface area contributed by atoms with Crippen molar-refractivity contribution in [1.82, 2.24) is 10.2 Å². The number of nitrogens with zero attached hydrogens (tertiary/aromatic N) is 1. The highest BCUT2D eigenvalue weighted by molar-refractivity contribution is 6.11. The molecule has 8 heteroatoms. The summed E-state index contributed by atoms with van der Waals surface area (Å²) in [6, 6.07) is 9.53. The largest absolute Gasteiger partial charge is 0.490 e. The van der Waals surface area contributed by atoms with E-state index in [1.807, 2.05) is 0 Å². The molecule has 2 aliphatic heterocycles. The SMILES string of the molecule is CC[C@]1(c2ccc(F)cc2)NC(=O)N(CC(=O)c2ccc3c(c2)OCCCO3)C1=O. The lowest BCUT2D eigenvalue weighted by atomic mass is 9.87. The number of amides is 3. The maximum Gasteiger partial charge on any atom is 0.325 e. The van der Waals surface area contributed by atoms with Gasteiger partial charge < -0.3 is 14.8 Å². The van der Waals surface area contributed by atoms with Crippen molar-refractivity contribution in [1.29, 1.82) is 0 Å². The third-order valence-electron chi connectivity index (χ3n) is 5.41. The Morgan fingerprint density at radius 3 is 2.50 bits per heavy atom. The van der Waals surface area contributed by atoms with Crippen LogP contribution in [0.1, 0.15) is 35.7 Å². The third-order valence-corrected chi connectivity index (χ3v) is 5.41. The van der Waals surface area contributed by atoms with Gasteiger partial charge >= 0.3 is 6.03 Å². The fraction of sp³-hybridized carbons (Fsp3) is 0.318. The van der Waals surface area contributed by atoms with Gasteiger partial charge in [0.1, 0.15) is 11.4 Å². The summed E-state index contributed by atoms with van der Waals surface area (Å²) in [5, 5.41) is 2.69. The van der Waals surface area contributed by atoms with Gasteiger partial charge in [0, 0.05) is 12.0 Å². The number of hydrogen-bond acceptors (Lipinski definition) is 5. The maximum absolute atomic E-state index is 13.3. The predicted molar refractivity (Wildman–Crippen MR) is 105 cm³/mol. The fourth-order valence-electron chi connectivity index (χ4n) is 3.72. The first kappa shape index (κ1) is 19.9. The van der Waals surface area contributed by atoms with Crippen molar-refractivity contribution in [3.8, 4) is 11.5 Å². The molecule has 1 N–H and O–H groups in total. The van der Waals surface area contributed by atoms with Gasteiger partial charge in [-0.2, -0.15) is 0 Å². The second-order valence-corrected chi connectivity index (χ2v) is 7.22. The summed E-state index contributed by atoms with van der Waals surface area (Å²) < 4.78 is 24.5. The molecule has 0 aliphatic carbocycles. The van der Waals surface area contributed by atoms with Crippen LogP contribution in [0.2, 0.25) is 0 Å². The number of carbonyl (C=O) groups is 3. The molecule has 2 aromatic carbocycles. The number of rotatable bonds is 5. The summed E-state index contributed by atoms with van der Waals surface area (Å²) in [4.78, 5) is 39.4. The van der Waals surface area contributed by atoms with Gasteiger partial charge in [-0.1, -0.05) is 19.1 Å². The second kappa shape index (κ2) is 7.78. The monoisotopic (exact) mass is 412 g/mol. The summed E-state index contributed by atoms with van der Waals surface area (Å²) in [5.74, 6) is -0.363. The highest BCUT2D eigenvalue weighted by Crippen LogP contribution is 2.34. The van der Waals surface area contributed by atoms with Crippen LogP contribution in [0.3, 0.4) is 0 Å². The Labute approximate surface area is 172 Å². The average molecular weight is 412 g/mol. The van der Waals surface area contributed by atoms with E-state index in [0.29, 0.717) is 35.8 Å². The van der Waals surface area contributed by atoms with Crippen LogP contribution in [0.4, 0.5) is 9.18 Å². The van der Waals surface area contributed by atoms with Crippen molar-refractivity contribution in [3.63, 3.8) is 0 Å². The highest BCUT2D eigenvalue weighted by atomic mass is 19.1. The van der Waals surface area contributed by atoms with E-state index < -0.39 is 35.6 Å². The first-order chi connectivity index (χ1) is 14.4. The lowest BCUT2D eigenvalue weighted by Gasteiger charge is -2.25. The minimum atomic E-state index is -1.32. The summed E-state index contributed by atoms with van der Waals surface area (Å²) in [6.45, 7) is 2.35. The first-order valence-corrected chi connectivity index (χ1v) is 9.77. The van der Waals surface area contributed by atoms with Gasteiger partial charge in [0.25, 0.3) is 5.91 Å². The van der Waals surface area contributed by atoms with E-state index in [1.165, 1.54) is 24.3 Å². The Bertz CT molecular complexity index is 1010. The molecule has 7 nitrogen and oxygen atoms in total. The normalized spacial score (nSPS) is 20.7. The topological polar surface area (TPSA) is 84.9 Å². The van der Waals surface area contributed by atoms with Crippen LogP contribution < -0.4 is 14.8 Å². The van der Waals surface area contributed by atoms with Crippen LogP contribution >= 0.6 is 0 Å². The average Bonchev–Trinajstić information content (AvgIpc) is 2.91. The molecule has 4 rings (SSSR count). The molecule has 1 saturated heterocycles. The van der Waals surface area contributed by atoms with Gasteiger partial charge in [-0.3, -0.25) is 14.5 Å². The van der Waals surface area contributed by atoms with Gasteiger partial charge in [-0.25, -0.2) is 9.18 Å². The third kappa shape index (κ3) is 3.38. The van der Waals surface area contributed by atoms with Crippen molar-refractivity contribution < 1.29 is 28.2 Å². The Kier molecular flexibility index (Phi) is 5.15. The van der Waals surface area contributed by atoms with E-state index in [2.05, 4.69) is 5.32 Å². The highest BCUT2D eigenvalue weighted by Gasteiger charge is 2.51. The van der Waals surface area contributed by atoms with Gasteiger partial charge in [-0.15, -0.1) is 0 Å².